The van der Waals surface area contributed by atoms with Gasteiger partial charge < -0.3 is 9.84 Å². The van der Waals surface area contributed by atoms with Crippen LogP contribution in [0.2, 0.25) is 0 Å². The molecule has 154 valence electrons. The minimum atomic E-state index is -0.742. The highest BCUT2D eigenvalue weighted by Crippen LogP contribution is 2.27. The van der Waals surface area contributed by atoms with Crippen LogP contribution in [0.3, 0.4) is 0 Å². The van der Waals surface area contributed by atoms with Crippen molar-refractivity contribution < 1.29 is 19.4 Å². The molecule has 0 bridgehead atoms. The largest absolute Gasteiger partial charge is 0.512 e. The molecule has 0 radical (unpaired) electrons. The van der Waals surface area contributed by atoms with Gasteiger partial charge in [-0.05, 0) is 46.2 Å². The number of esters is 1. The van der Waals surface area contributed by atoms with Gasteiger partial charge in [0, 0.05) is 16.7 Å². The van der Waals surface area contributed by atoms with E-state index in [1.54, 1.807) is 57.2 Å². The number of hydrogen-bond donors (Lipinski definition) is 1. The molecule has 0 atom stereocenters. The zero-order valence-electron chi connectivity index (χ0n) is 17.7. The highest BCUT2D eigenvalue weighted by atomic mass is 16.6. The predicted octanol–water partition coefficient (Wildman–Crippen LogP) is 4.56. The fourth-order valence-corrected chi connectivity index (χ4v) is 3.10. The van der Waals surface area contributed by atoms with E-state index >= 15 is 0 Å². The van der Waals surface area contributed by atoms with Crippen LogP contribution in [0, 0.1) is 6.92 Å². The van der Waals surface area contributed by atoms with E-state index in [4.69, 9.17) is 4.74 Å². The van der Waals surface area contributed by atoms with Gasteiger partial charge in [0.15, 0.2) is 5.84 Å². The minimum Gasteiger partial charge on any atom is -0.512 e. The molecular formula is C24H24N2O4. The molecule has 0 aromatic heterocycles. The first kappa shape index (κ1) is 21.2. The van der Waals surface area contributed by atoms with Crippen molar-refractivity contribution in [3.63, 3.8) is 0 Å². The smallest absolute Gasteiger partial charge is 0.344 e. The van der Waals surface area contributed by atoms with Crippen LogP contribution in [-0.2, 0) is 9.53 Å². The van der Waals surface area contributed by atoms with Crippen LogP contribution < -0.4 is 0 Å². The number of carbonyl (C=O) groups is 2. The van der Waals surface area contributed by atoms with Crippen molar-refractivity contribution in [2.75, 3.05) is 0 Å². The summed E-state index contributed by atoms with van der Waals surface area (Å²) in [5.41, 5.74) is 1.94. The van der Waals surface area contributed by atoms with Crippen LogP contribution in [0.5, 0.6) is 0 Å². The number of carbonyl (C=O) groups excluding carboxylic acids is 2. The molecule has 1 N–H and O–H groups in total. The van der Waals surface area contributed by atoms with E-state index in [0.717, 1.165) is 5.56 Å². The first-order chi connectivity index (χ1) is 14.1. The monoisotopic (exact) mass is 404 g/mol. The highest BCUT2D eigenvalue weighted by molar-refractivity contribution is 6.36. The third-order valence-electron chi connectivity index (χ3n) is 4.43. The molecular weight excluding hydrogens is 380 g/mol. The molecule has 6 heteroatoms. The second-order valence-electron chi connectivity index (χ2n) is 8.02. The number of ether oxygens (including phenoxy) is 1. The van der Waals surface area contributed by atoms with Gasteiger partial charge in [-0.15, -0.1) is 0 Å². The Bertz CT molecular complexity index is 1110. The number of fused-ring (bicyclic) bond motifs is 1. The number of aliphatic hydroxyl groups is 1. The number of aliphatic hydroxyl groups excluding tert-OH is 1. The summed E-state index contributed by atoms with van der Waals surface area (Å²) in [7, 11) is 0. The minimum absolute atomic E-state index is 0.0501. The SMILES string of the molecule is C/C(O)=C(\C(=O)OC(C)(C)C)C1=NC(=NC(=O)c2ccccc2C)c2ccccc21. The van der Waals surface area contributed by atoms with Crippen molar-refractivity contribution in [3.8, 4) is 0 Å². The molecule has 6 nitrogen and oxygen atoms in total. The number of amides is 1. The third-order valence-corrected chi connectivity index (χ3v) is 4.43. The maximum absolute atomic E-state index is 12.8. The molecule has 2 aromatic rings. The second kappa shape index (κ2) is 8.06. The zero-order chi connectivity index (χ0) is 22.1. The average Bonchev–Trinajstić information content (AvgIpc) is 2.98. The fourth-order valence-electron chi connectivity index (χ4n) is 3.10. The van der Waals surface area contributed by atoms with E-state index in [-0.39, 0.29) is 22.9 Å². The van der Waals surface area contributed by atoms with Crippen LogP contribution in [-0.4, -0.2) is 34.1 Å². The van der Waals surface area contributed by atoms with E-state index < -0.39 is 17.5 Å². The van der Waals surface area contributed by atoms with Gasteiger partial charge in [-0.1, -0.05) is 42.5 Å². The zero-order valence-corrected chi connectivity index (χ0v) is 17.7. The van der Waals surface area contributed by atoms with Gasteiger partial charge in [-0.2, -0.15) is 4.99 Å². The van der Waals surface area contributed by atoms with Gasteiger partial charge in [-0.3, -0.25) is 4.79 Å². The molecule has 0 saturated heterocycles. The van der Waals surface area contributed by atoms with Crippen LogP contribution in [0.4, 0.5) is 0 Å². The molecule has 1 amide bonds. The van der Waals surface area contributed by atoms with E-state index in [0.29, 0.717) is 16.7 Å². The van der Waals surface area contributed by atoms with Gasteiger partial charge >= 0.3 is 5.97 Å². The predicted molar refractivity (Wildman–Crippen MR) is 116 cm³/mol. The van der Waals surface area contributed by atoms with Crippen molar-refractivity contribution in [1.29, 1.82) is 0 Å². The summed E-state index contributed by atoms with van der Waals surface area (Å²) in [5.74, 6) is -1.14. The normalized spacial score (nSPS) is 15.4. The summed E-state index contributed by atoms with van der Waals surface area (Å²) in [6, 6.07) is 14.3. The van der Waals surface area contributed by atoms with Gasteiger partial charge in [0.1, 0.15) is 16.9 Å². The van der Waals surface area contributed by atoms with Crippen LogP contribution in [0.1, 0.15) is 54.7 Å². The van der Waals surface area contributed by atoms with Crippen molar-refractivity contribution in [1.82, 2.24) is 0 Å². The standard InChI is InChI=1S/C24H24N2O4/c1-14-10-6-7-11-16(14)22(28)26-21-18-13-9-8-12-17(18)20(25-21)19(15(2)27)23(29)30-24(3,4)5/h6-13,27H,1-5H3/b19-15+,26-21?. The average molecular weight is 404 g/mol. The van der Waals surface area contributed by atoms with Gasteiger partial charge in [-0.25, -0.2) is 9.79 Å². The third kappa shape index (κ3) is 4.38. The Morgan fingerprint density at radius 1 is 1.00 bits per heavy atom. The number of aliphatic imine (C=N–C) groups is 2. The number of aryl methyl sites for hydroxylation is 1. The lowest BCUT2D eigenvalue weighted by Gasteiger charge is -2.21. The highest BCUT2D eigenvalue weighted by Gasteiger charge is 2.32. The molecule has 1 heterocycles. The number of allylic oxidation sites excluding steroid dienone is 1. The summed E-state index contributed by atoms with van der Waals surface area (Å²) in [5, 5.41) is 10.2. The van der Waals surface area contributed by atoms with Gasteiger partial charge in [0.25, 0.3) is 5.91 Å². The molecule has 0 unspecified atom stereocenters. The molecule has 1 aliphatic rings. The first-order valence-electron chi connectivity index (χ1n) is 9.59. The lowest BCUT2D eigenvalue weighted by molar-refractivity contribution is -0.149. The van der Waals surface area contributed by atoms with Crippen molar-refractivity contribution >= 4 is 23.4 Å². The summed E-state index contributed by atoms with van der Waals surface area (Å²) < 4.78 is 5.45. The Morgan fingerprint density at radius 2 is 1.60 bits per heavy atom. The quantitative estimate of drug-likeness (QED) is 0.461. The van der Waals surface area contributed by atoms with Crippen LogP contribution in [0.25, 0.3) is 0 Å². The number of nitrogens with zero attached hydrogens (tertiary/aromatic N) is 2. The molecule has 1 aliphatic heterocycles. The molecule has 0 fully saturated rings. The van der Waals surface area contributed by atoms with Gasteiger partial charge in [0.05, 0.1) is 5.71 Å². The van der Waals surface area contributed by atoms with Crippen molar-refractivity contribution in [2.45, 2.75) is 40.2 Å². The Balaban J connectivity index is 2.10. The molecule has 30 heavy (non-hydrogen) atoms. The Kier molecular flexibility index (Phi) is 5.69. The van der Waals surface area contributed by atoms with E-state index in [2.05, 4.69) is 9.98 Å². The van der Waals surface area contributed by atoms with E-state index in [1.807, 2.05) is 19.1 Å². The van der Waals surface area contributed by atoms with Gasteiger partial charge in [0.2, 0.25) is 0 Å². The van der Waals surface area contributed by atoms with E-state index in [9.17, 15) is 14.7 Å². The molecule has 3 rings (SSSR count). The molecule has 0 saturated carbocycles. The van der Waals surface area contributed by atoms with E-state index in [1.165, 1.54) is 6.92 Å². The summed E-state index contributed by atoms with van der Waals surface area (Å²) >= 11 is 0. The summed E-state index contributed by atoms with van der Waals surface area (Å²) in [6.07, 6.45) is 0. The number of benzene rings is 2. The summed E-state index contributed by atoms with van der Waals surface area (Å²) in [6.45, 7) is 8.47. The Hall–Kier alpha value is -3.54. The number of hydrogen-bond acceptors (Lipinski definition) is 4. The maximum Gasteiger partial charge on any atom is 0.344 e. The topological polar surface area (TPSA) is 88.3 Å². The number of amidine groups is 1. The van der Waals surface area contributed by atoms with Crippen molar-refractivity contribution in [3.05, 3.63) is 82.1 Å². The van der Waals surface area contributed by atoms with Crippen LogP contribution >= 0.6 is 0 Å². The fraction of sp³-hybridized carbons (Fsp3) is 0.250. The lowest BCUT2D eigenvalue weighted by Crippen LogP contribution is -2.28. The summed E-state index contributed by atoms with van der Waals surface area (Å²) in [4.78, 5) is 34.2. The molecule has 0 aliphatic carbocycles. The molecule has 2 aromatic carbocycles. The first-order valence-corrected chi connectivity index (χ1v) is 9.59. The Labute approximate surface area is 175 Å². The van der Waals surface area contributed by atoms with Crippen LogP contribution in [0.15, 0.2) is 69.8 Å². The van der Waals surface area contributed by atoms with Crippen molar-refractivity contribution in [2.24, 2.45) is 9.98 Å². The Morgan fingerprint density at radius 3 is 2.20 bits per heavy atom. The molecule has 0 spiro atoms. The second-order valence-corrected chi connectivity index (χ2v) is 8.02. The number of rotatable bonds is 3. The lowest BCUT2D eigenvalue weighted by atomic mass is 9.99. The maximum atomic E-state index is 12.8.